The van der Waals surface area contributed by atoms with Crippen LogP contribution in [0.1, 0.15) is 23.2 Å². The molecule has 1 aromatic carbocycles. The molecule has 1 saturated heterocycles. The lowest BCUT2D eigenvalue weighted by atomic mass is 9.91. The monoisotopic (exact) mass is 267 g/mol. The number of halogens is 1. The summed E-state index contributed by atoms with van der Waals surface area (Å²) in [5.74, 6) is 0.427. The van der Waals surface area contributed by atoms with Gasteiger partial charge in [-0.25, -0.2) is 0 Å². The maximum absolute atomic E-state index is 12.1. The van der Waals surface area contributed by atoms with Gasteiger partial charge in [0, 0.05) is 22.5 Å². The lowest BCUT2D eigenvalue weighted by molar-refractivity contribution is 0.0899. The van der Waals surface area contributed by atoms with E-state index in [1.54, 1.807) is 0 Å². The normalized spacial score (nSPS) is 21.3. The van der Waals surface area contributed by atoms with Crippen molar-refractivity contribution >= 4 is 21.7 Å². The van der Waals surface area contributed by atoms with Gasteiger partial charge in [-0.15, -0.1) is 0 Å². The Labute approximate surface area is 98.2 Å². The zero-order chi connectivity index (χ0) is 10.7. The van der Waals surface area contributed by atoms with Crippen LogP contribution in [-0.4, -0.2) is 18.9 Å². The summed E-state index contributed by atoms with van der Waals surface area (Å²) in [4.78, 5) is 12.1. The van der Waals surface area contributed by atoms with E-state index in [-0.39, 0.29) is 11.7 Å². The van der Waals surface area contributed by atoms with E-state index in [1.807, 2.05) is 24.3 Å². The molecule has 0 bridgehead atoms. The summed E-state index contributed by atoms with van der Waals surface area (Å²) in [5, 5.41) is 3.27. The van der Waals surface area contributed by atoms with Crippen LogP contribution in [0.5, 0.6) is 0 Å². The van der Waals surface area contributed by atoms with Crippen LogP contribution < -0.4 is 5.32 Å². The minimum Gasteiger partial charge on any atom is -0.316 e. The van der Waals surface area contributed by atoms with Crippen LogP contribution in [-0.2, 0) is 0 Å². The number of ketones is 1. The predicted octanol–water partition coefficient (Wildman–Crippen LogP) is 2.63. The first kappa shape index (κ1) is 10.8. The van der Waals surface area contributed by atoms with Gasteiger partial charge >= 0.3 is 0 Å². The molecule has 1 heterocycles. The second-order valence-electron chi connectivity index (χ2n) is 3.92. The predicted molar refractivity (Wildman–Crippen MR) is 64.1 cm³/mol. The first-order valence-corrected chi connectivity index (χ1v) is 6.07. The van der Waals surface area contributed by atoms with Crippen molar-refractivity contribution in [3.63, 3.8) is 0 Å². The van der Waals surface area contributed by atoms with E-state index in [2.05, 4.69) is 21.2 Å². The van der Waals surface area contributed by atoms with Gasteiger partial charge in [-0.2, -0.15) is 0 Å². The first-order chi connectivity index (χ1) is 7.27. The number of hydrogen-bond donors (Lipinski definition) is 1. The maximum atomic E-state index is 12.1. The Kier molecular flexibility index (Phi) is 3.54. The molecule has 1 aromatic rings. The Morgan fingerprint density at radius 1 is 1.47 bits per heavy atom. The molecule has 15 heavy (non-hydrogen) atoms. The minimum absolute atomic E-state index is 0.160. The molecule has 2 nitrogen and oxygen atoms in total. The molecular weight excluding hydrogens is 254 g/mol. The molecule has 0 spiro atoms. The molecule has 1 atom stereocenters. The standard InChI is InChI=1S/C12H14BrNO/c13-11-5-1-3-9(7-11)12(15)10-4-2-6-14-8-10/h1,3,5,7,10,14H,2,4,6,8H2. The van der Waals surface area contributed by atoms with Gasteiger partial charge in [-0.05, 0) is 31.5 Å². The van der Waals surface area contributed by atoms with Crippen LogP contribution in [0.15, 0.2) is 28.7 Å². The lowest BCUT2D eigenvalue weighted by Gasteiger charge is -2.21. The zero-order valence-corrected chi connectivity index (χ0v) is 10.1. The Bertz CT molecular complexity index is 358. The van der Waals surface area contributed by atoms with E-state index < -0.39 is 0 Å². The number of hydrogen-bond acceptors (Lipinski definition) is 2. The summed E-state index contributed by atoms with van der Waals surface area (Å²) >= 11 is 3.39. The molecule has 0 aromatic heterocycles. The largest absolute Gasteiger partial charge is 0.316 e. The number of carbonyl (C=O) groups is 1. The van der Waals surface area contributed by atoms with Crippen molar-refractivity contribution in [2.45, 2.75) is 12.8 Å². The molecule has 1 unspecified atom stereocenters. The van der Waals surface area contributed by atoms with E-state index in [4.69, 9.17) is 0 Å². The van der Waals surface area contributed by atoms with Gasteiger partial charge in [-0.3, -0.25) is 4.79 Å². The fourth-order valence-electron chi connectivity index (χ4n) is 1.95. The van der Waals surface area contributed by atoms with Gasteiger partial charge in [0.05, 0.1) is 0 Å². The van der Waals surface area contributed by atoms with Crippen molar-refractivity contribution in [2.24, 2.45) is 5.92 Å². The second kappa shape index (κ2) is 4.90. The molecule has 0 aliphatic carbocycles. The molecule has 3 heteroatoms. The first-order valence-electron chi connectivity index (χ1n) is 5.28. The molecule has 1 aliphatic heterocycles. The van der Waals surface area contributed by atoms with Crippen molar-refractivity contribution < 1.29 is 4.79 Å². The minimum atomic E-state index is 0.160. The highest BCUT2D eigenvalue weighted by Gasteiger charge is 2.21. The number of Topliss-reactive ketones (excluding diaryl/α,β-unsaturated/α-hetero) is 1. The molecule has 0 amide bonds. The fourth-order valence-corrected chi connectivity index (χ4v) is 2.35. The van der Waals surface area contributed by atoms with Crippen LogP contribution in [0.4, 0.5) is 0 Å². The van der Waals surface area contributed by atoms with Gasteiger partial charge in [0.2, 0.25) is 0 Å². The highest BCUT2D eigenvalue weighted by molar-refractivity contribution is 9.10. The van der Waals surface area contributed by atoms with E-state index in [0.29, 0.717) is 0 Å². The molecule has 1 aliphatic rings. The van der Waals surface area contributed by atoms with Crippen molar-refractivity contribution in [2.75, 3.05) is 13.1 Å². The van der Waals surface area contributed by atoms with Crippen molar-refractivity contribution in [1.29, 1.82) is 0 Å². The van der Waals surface area contributed by atoms with Crippen molar-refractivity contribution in [1.82, 2.24) is 5.32 Å². The summed E-state index contributed by atoms with van der Waals surface area (Å²) in [7, 11) is 0. The Morgan fingerprint density at radius 2 is 2.33 bits per heavy atom. The smallest absolute Gasteiger partial charge is 0.167 e. The van der Waals surface area contributed by atoms with Crippen molar-refractivity contribution in [3.8, 4) is 0 Å². The van der Waals surface area contributed by atoms with Crippen LogP contribution >= 0.6 is 15.9 Å². The van der Waals surface area contributed by atoms with Crippen molar-refractivity contribution in [3.05, 3.63) is 34.3 Å². The SMILES string of the molecule is O=C(c1cccc(Br)c1)C1CCCNC1. The number of piperidine rings is 1. The zero-order valence-electron chi connectivity index (χ0n) is 8.50. The third-order valence-electron chi connectivity index (χ3n) is 2.78. The van der Waals surface area contributed by atoms with Gasteiger partial charge in [0.1, 0.15) is 0 Å². The van der Waals surface area contributed by atoms with Gasteiger partial charge in [0.25, 0.3) is 0 Å². The van der Waals surface area contributed by atoms with Gasteiger partial charge in [-0.1, -0.05) is 28.1 Å². The third-order valence-corrected chi connectivity index (χ3v) is 3.27. The average Bonchev–Trinajstić information content (AvgIpc) is 2.29. The summed E-state index contributed by atoms with van der Waals surface area (Å²) in [6, 6.07) is 7.64. The van der Waals surface area contributed by atoms with Gasteiger partial charge in [0.15, 0.2) is 5.78 Å². The summed E-state index contributed by atoms with van der Waals surface area (Å²) in [6.45, 7) is 1.87. The second-order valence-corrected chi connectivity index (χ2v) is 4.83. The highest BCUT2D eigenvalue weighted by atomic mass is 79.9. The van der Waals surface area contributed by atoms with E-state index in [1.165, 1.54) is 0 Å². The number of nitrogens with one attached hydrogen (secondary N) is 1. The molecule has 1 N–H and O–H groups in total. The topological polar surface area (TPSA) is 29.1 Å². The fraction of sp³-hybridized carbons (Fsp3) is 0.417. The molecular formula is C12H14BrNO. The van der Waals surface area contributed by atoms with E-state index >= 15 is 0 Å². The van der Waals surface area contributed by atoms with Crippen LogP contribution in [0.2, 0.25) is 0 Å². The molecule has 80 valence electrons. The molecule has 0 radical (unpaired) electrons. The number of benzene rings is 1. The Morgan fingerprint density at radius 3 is 3.00 bits per heavy atom. The lowest BCUT2D eigenvalue weighted by Crippen LogP contribution is -2.34. The van der Waals surface area contributed by atoms with E-state index in [0.717, 1.165) is 36.0 Å². The number of rotatable bonds is 2. The summed E-state index contributed by atoms with van der Waals surface area (Å²) in [6.07, 6.45) is 2.11. The molecule has 1 fully saturated rings. The Balaban J connectivity index is 2.12. The number of carbonyl (C=O) groups excluding carboxylic acids is 1. The Hall–Kier alpha value is -0.670. The van der Waals surface area contributed by atoms with Crippen LogP contribution in [0.25, 0.3) is 0 Å². The molecule has 0 saturated carbocycles. The average molecular weight is 268 g/mol. The quantitative estimate of drug-likeness (QED) is 0.835. The van der Waals surface area contributed by atoms with Crippen LogP contribution in [0, 0.1) is 5.92 Å². The van der Waals surface area contributed by atoms with E-state index in [9.17, 15) is 4.79 Å². The highest BCUT2D eigenvalue weighted by Crippen LogP contribution is 2.19. The summed E-state index contributed by atoms with van der Waals surface area (Å²) in [5.41, 5.74) is 0.818. The maximum Gasteiger partial charge on any atom is 0.167 e. The molecule has 2 rings (SSSR count). The van der Waals surface area contributed by atoms with Crippen LogP contribution in [0.3, 0.4) is 0 Å². The summed E-state index contributed by atoms with van der Waals surface area (Å²) < 4.78 is 0.970. The van der Waals surface area contributed by atoms with Gasteiger partial charge < -0.3 is 5.32 Å². The third kappa shape index (κ3) is 2.67.